The Balaban J connectivity index is 2.36. The summed E-state index contributed by atoms with van der Waals surface area (Å²) in [7, 11) is 2.94. The lowest BCUT2D eigenvalue weighted by molar-refractivity contribution is -0.139. The summed E-state index contributed by atoms with van der Waals surface area (Å²) in [6, 6.07) is 10.7. The van der Waals surface area contributed by atoms with Crippen molar-refractivity contribution in [2.24, 2.45) is 0 Å². The normalized spacial score (nSPS) is 11.5. The SMILES string of the molecule is CCc1ccccc1C(=O)NC(C(=O)O)c1ccc(OC)cc1OC. The molecular formula is C19H21NO5. The van der Waals surface area contributed by atoms with Gasteiger partial charge in [-0.05, 0) is 30.2 Å². The van der Waals surface area contributed by atoms with E-state index in [1.807, 2.05) is 19.1 Å². The summed E-state index contributed by atoms with van der Waals surface area (Å²) in [5, 5.41) is 12.2. The molecule has 0 aliphatic heterocycles. The van der Waals surface area contributed by atoms with Gasteiger partial charge in [0.1, 0.15) is 11.5 Å². The lowest BCUT2D eigenvalue weighted by Crippen LogP contribution is -2.34. The molecule has 0 saturated carbocycles. The Kier molecular flexibility index (Phi) is 6.00. The highest BCUT2D eigenvalue weighted by Crippen LogP contribution is 2.30. The van der Waals surface area contributed by atoms with Gasteiger partial charge in [0.15, 0.2) is 6.04 Å². The van der Waals surface area contributed by atoms with Gasteiger partial charge in [-0.1, -0.05) is 25.1 Å². The van der Waals surface area contributed by atoms with Gasteiger partial charge in [-0.25, -0.2) is 4.79 Å². The predicted molar refractivity (Wildman–Crippen MR) is 93.2 cm³/mol. The Morgan fingerprint density at radius 2 is 1.84 bits per heavy atom. The van der Waals surface area contributed by atoms with Crippen LogP contribution in [-0.4, -0.2) is 31.2 Å². The molecule has 2 rings (SSSR count). The Morgan fingerprint density at radius 1 is 1.12 bits per heavy atom. The number of methoxy groups -OCH3 is 2. The molecule has 1 atom stereocenters. The first-order chi connectivity index (χ1) is 12.0. The van der Waals surface area contributed by atoms with Crippen molar-refractivity contribution in [2.45, 2.75) is 19.4 Å². The van der Waals surface area contributed by atoms with Crippen LogP contribution in [0, 0.1) is 0 Å². The van der Waals surface area contributed by atoms with Crippen molar-refractivity contribution < 1.29 is 24.2 Å². The minimum atomic E-state index is -1.24. The van der Waals surface area contributed by atoms with Crippen LogP contribution in [0.3, 0.4) is 0 Å². The third-order valence-electron chi connectivity index (χ3n) is 3.92. The zero-order valence-electron chi connectivity index (χ0n) is 14.4. The fourth-order valence-corrected chi connectivity index (χ4v) is 2.59. The molecule has 0 bridgehead atoms. The molecule has 0 radical (unpaired) electrons. The van der Waals surface area contributed by atoms with Crippen molar-refractivity contribution in [3.8, 4) is 11.5 Å². The molecule has 0 fully saturated rings. The van der Waals surface area contributed by atoms with Gasteiger partial charge in [-0.3, -0.25) is 4.79 Å². The van der Waals surface area contributed by atoms with E-state index in [0.717, 1.165) is 5.56 Å². The summed E-state index contributed by atoms with van der Waals surface area (Å²) in [4.78, 5) is 24.3. The van der Waals surface area contributed by atoms with Crippen molar-refractivity contribution in [2.75, 3.05) is 14.2 Å². The van der Waals surface area contributed by atoms with Crippen LogP contribution in [0.1, 0.15) is 34.5 Å². The van der Waals surface area contributed by atoms with Crippen molar-refractivity contribution in [3.63, 3.8) is 0 Å². The first kappa shape index (κ1) is 18.3. The molecule has 1 unspecified atom stereocenters. The molecule has 2 aromatic carbocycles. The van der Waals surface area contributed by atoms with Crippen LogP contribution in [0.4, 0.5) is 0 Å². The third kappa shape index (κ3) is 4.09. The molecule has 0 spiro atoms. The highest BCUT2D eigenvalue weighted by molar-refractivity contribution is 5.98. The van der Waals surface area contributed by atoms with E-state index in [4.69, 9.17) is 9.47 Å². The van der Waals surface area contributed by atoms with Gasteiger partial charge in [0.05, 0.1) is 14.2 Å². The minimum Gasteiger partial charge on any atom is -0.497 e. The second-order valence-corrected chi connectivity index (χ2v) is 5.36. The number of ether oxygens (including phenoxy) is 2. The molecule has 0 aliphatic carbocycles. The van der Waals surface area contributed by atoms with E-state index in [1.165, 1.54) is 14.2 Å². The molecule has 132 valence electrons. The molecule has 0 aliphatic rings. The maximum Gasteiger partial charge on any atom is 0.331 e. The van der Waals surface area contributed by atoms with Gasteiger partial charge >= 0.3 is 5.97 Å². The zero-order valence-corrected chi connectivity index (χ0v) is 14.4. The first-order valence-corrected chi connectivity index (χ1v) is 7.85. The topological polar surface area (TPSA) is 84.9 Å². The lowest BCUT2D eigenvalue weighted by Gasteiger charge is -2.19. The third-order valence-corrected chi connectivity index (χ3v) is 3.92. The molecule has 25 heavy (non-hydrogen) atoms. The van der Waals surface area contributed by atoms with Crippen LogP contribution in [0.15, 0.2) is 42.5 Å². The molecule has 0 heterocycles. The second-order valence-electron chi connectivity index (χ2n) is 5.36. The number of rotatable bonds is 7. The Hall–Kier alpha value is -3.02. The lowest BCUT2D eigenvalue weighted by atomic mass is 10.0. The smallest absolute Gasteiger partial charge is 0.331 e. The van der Waals surface area contributed by atoms with E-state index in [2.05, 4.69) is 5.32 Å². The highest BCUT2D eigenvalue weighted by Gasteiger charge is 2.26. The van der Waals surface area contributed by atoms with Crippen LogP contribution in [0.5, 0.6) is 11.5 Å². The van der Waals surface area contributed by atoms with Gasteiger partial charge in [-0.2, -0.15) is 0 Å². The van der Waals surface area contributed by atoms with Gasteiger partial charge in [0, 0.05) is 17.2 Å². The molecule has 0 saturated heterocycles. The largest absolute Gasteiger partial charge is 0.497 e. The average Bonchev–Trinajstić information content (AvgIpc) is 2.65. The summed E-state index contributed by atoms with van der Waals surface area (Å²) in [5.41, 5.74) is 1.66. The zero-order chi connectivity index (χ0) is 18.4. The Morgan fingerprint density at radius 3 is 2.44 bits per heavy atom. The number of aryl methyl sites for hydroxylation is 1. The summed E-state index contributed by atoms with van der Waals surface area (Å²) in [6.07, 6.45) is 0.674. The van der Waals surface area contributed by atoms with Crippen LogP contribution in [0.2, 0.25) is 0 Å². The van der Waals surface area contributed by atoms with Crippen molar-refractivity contribution >= 4 is 11.9 Å². The molecule has 0 aromatic heterocycles. The van der Waals surface area contributed by atoms with Crippen molar-refractivity contribution in [3.05, 3.63) is 59.2 Å². The molecule has 1 amide bonds. The second kappa shape index (κ2) is 8.19. The van der Waals surface area contributed by atoms with Crippen LogP contribution in [0.25, 0.3) is 0 Å². The Bertz CT molecular complexity index is 772. The van der Waals surface area contributed by atoms with E-state index in [1.54, 1.807) is 30.3 Å². The minimum absolute atomic E-state index is 0.329. The summed E-state index contributed by atoms with van der Waals surface area (Å²) in [5.74, 6) is -0.753. The van der Waals surface area contributed by atoms with E-state index in [-0.39, 0.29) is 0 Å². The number of hydrogen-bond donors (Lipinski definition) is 2. The van der Waals surface area contributed by atoms with Crippen LogP contribution >= 0.6 is 0 Å². The summed E-state index contributed by atoms with van der Waals surface area (Å²) >= 11 is 0. The number of hydrogen-bond acceptors (Lipinski definition) is 4. The summed E-state index contributed by atoms with van der Waals surface area (Å²) in [6.45, 7) is 1.94. The molecule has 2 aromatic rings. The number of nitrogens with one attached hydrogen (secondary N) is 1. The first-order valence-electron chi connectivity index (χ1n) is 7.85. The van der Waals surface area contributed by atoms with E-state index >= 15 is 0 Å². The highest BCUT2D eigenvalue weighted by atomic mass is 16.5. The van der Waals surface area contributed by atoms with Gasteiger partial charge in [-0.15, -0.1) is 0 Å². The molecule has 2 N–H and O–H groups in total. The number of carbonyl (C=O) groups excluding carboxylic acids is 1. The number of carbonyl (C=O) groups is 2. The van der Waals surface area contributed by atoms with E-state index < -0.39 is 17.9 Å². The maximum atomic E-state index is 12.6. The molecule has 6 heteroatoms. The van der Waals surface area contributed by atoms with Crippen LogP contribution in [-0.2, 0) is 11.2 Å². The number of carboxylic acid groups (broad SMARTS) is 1. The van der Waals surface area contributed by atoms with Crippen molar-refractivity contribution in [1.29, 1.82) is 0 Å². The Labute approximate surface area is 146 Å². The monoisotopic (exact) mass is 343 g/mol. The standard InChI is InChI=1S/C19H21NO5/c1-4-12-7-5-6-8-14(12)18(21)20-17(19(22)23)15-10-9-13(24-2)11-16(15)25-3/h5-11,17H,4H2,1-3H3,(H,20,21)(H,22,23). The fraction of sp³-hybridized carbons (Fsp3) is 0.263. The fourth-order valence-electron chi connectivity index (χ4n) is 2.59. The van der Waals surface area contributed by atoms with E-state index in [0.29, 0.717) is 29.0 Å². The predicted octanol–water partition coefficient (Wildman–Crippen LogP) is 2.82. The average molecular weight is 343 g/mol. The van der Waals surface area contributed by atoms with Crippen molar-refractivity contribution in [1.82, 2.24) is 5.32 Å². The quantitative estimate of drug-likeness (QED) is 0.807. The van der Waals surface area contributed by atoms with Gasteiger partial charge in [0.25, 0.3) is 5.91 Å². The number of aliphatic carboxylic acids is 1. The van der Waals surface area contributed by atoms with Crippen LogP contribution < -0.4 is 14.8 Å². The number of carboxylic acids is 1. The number of amides is 1. The maximum absolute atomic E-state index is 12.6. The van der Waals surface area contributed by atoms with Gasteiger partial charge in [0.2, 0.25) is 0 Å². The molecular weight excluding hydrogens is 322 g/mol. The summed E-state index contributed by atoms with van der Waals surface area (Å²) < 4.78 is 10.4. The van der Waals surface area contributed by atoms with Gasteiger partial charge < -0.3 is 19.9 Å². The number of benzene rings is 2. The molecule has 6 nitrogen and oxygen atoms in total. The van der Waals surface area contributed by atoms with E-state index in [9.17, 15) is 14.7 Å².